The highest BCUT2D eigenvalue weighted by Crippen LogP contribution is 2.11. The van der Waals surface area contributed by atoms with Crippen LogP contribution in [0, 0.1) is 5.92 Å². The van der Waals surface area contributed by atoms with Crippen LogP contribution in [0.2, 0.25) is 0 Å². The summed E-state index contributed by atoms with van der Waals surface area (Å²) in [5.74, 6) is 1.64. The van der Waals surface area contributed by atoms with Gasteiger partial charge < -0.3 is 20.1 Å². The van der Waals surface area contributed by atoms with E-state index < -0.39 is 0 Å². The molecule has 2 N–H and O–H groups in total. The molecule has 0 aromatic carbocycles. The highest BCUT2D eigenvalue weighted by Gasteiger charge is 2.14. The SMILES string of the molecule is CCNC(=NCCCC(C)C)NCCOCC1CCCO1. The van der Waals surface area contributed by atoms with E-state index in [1.165, 1.54) is 12.8 Å². The topological polar surface area (TPSA) is 54.9 Å². The van der Waals surface area contributed by atoms with E-state index in [4.69, 9.17) is 9.47 Å². The number of nitrogens with one attached hydrogen (secondary N) is 2. The van der Waals surface area contributed by atoms with Gasteiger partial charge in [-0.15, -0.1) is 0 Å². The normalized spacial score (nSPS) is 19.2. The minimum absolute atomic E-state index is 0.308. The molecule has 0 spiro atoms. The zero-order valence-corrected chi connectivity index (χ0v) is 14.0. The van der Waals surface area contributed by atoms with Crippen LogP contribution in [0.25, 0.3) is 0 Å². The van der Waals surface area contributed by atoms with Crippen LogP contribution in [0.3, 0.4) is 0 Å². The maximum atomic E-state index is 5.63. The first-order valence-electron chi connectivity index (χ1n) is 8.44. The Morgan fingerprint density at radius 1 is 1.38 bits per heavy atom. The molecule has 124 valence electrons. The highest BCUT2D eigenvalue weighted by atomic mass is 16.5. The molecule has 0 bridgehead atoms. The van der Waals surface area contributed by atoms with E-state index in [9.17, 15) is 0 Å². The second kappa shape index (κ2) is 11.8. The van der Waals surface area contributed by atoms with Gasteiger partial charge in [-0.3, -0.25) is 4.99 Å². The zero-order chi connectivity index (χ0) is 15.3. The average molecular weight is 299 g/mol. The lowest BCUT2D eigenvalue weighted by Crippen LogP contribution is -2.39. The van der Waals surface area contributed by atoms with Gasteiger partial charge in [-0.1, -0.05) is 13.8 Å². The number of ether oxygens (including phenoxy) is 2. The van der Waals surface area contributed by atoms with Crippen molar-refractivity contribution in [3.63, 3.8) is 0 Å². The third kappa shape index (κ3) is 9.69. The van der Waals surface area contributed by atoms with Gasteiger partial charge in [0.05, 0.1) is 19.3 Å². The lowest BCUT2D eigenvalue weighted by Gasteiger charge is -2.13. The fraction of sp³-hybridized carbons (Fsp3) is 0.938. The maximum absolute atomic E-state index is 5.63. The van der Waals surface area contributed by atoms with Crippen LogP contribution in [0.4, 0.5) is 0 Å². The predicted molar refractivity (Wildman–Crippen MR) is 87.8 cm³/mol. The van der Waals surface area contributed by atoms with Crippen LogP contribution < -0.4 is 10.6 Å². The van der Waals surface area contributed by atoms with E-state index in [1.54, 1.807) is 0 Å². The fourth-order valence-electron chi connectivity index (χ4n) is 2.26. The van der Waals surface area contributed by atoms with Crippen LogP contribution in [-0.4, -0.2) is 51.5 Å². The number of aliphatic imine (C=N–C) groups is 1. The van der Waals surface area contributed by atoms with Crippen LogP contribution in [0.1, 0.15) is 46.5 Å². The molecule has 1 atom stereocenters. The Kier molecular flexibility index (Phi) is 10.3. The highest BCUT2D eigenvalue weighted by molar-refractivity contribution is 5.79. The van der Waals surface area contributed by atoms with Crippen LogP contribution in [0.5, 0.6) is 0 Å². The third-order valence-electron chi connectivity index (χ3n) is 3.42. The van der Waals surface area contributed by atoms with Gasteiger partial charge in [0, 0.05) is 26.2 Å². The molecule has 1 rings (SSSR count). The Hall–Kier alpha value is -0.810. The van der Waals surface area contributed by atoms with Crippen molar-refractivity contribution >= 4 is 5.96 Å². The zero-order valence-electron chi connectivity index (χ0n) is 14.0. The van der Waals surface area contributed by atoms with Gasteiger partial charge in [-0.05, 0) is 38.5 Å². The van der Waals surface area contributed by atoms with Gasteiger partial charge in [0.2, 0.25) is 0 Å². The van der Waals surface area contributed by atoms with Crippen molar-refractivity contribution in [2.24, 2.45) is 10.9 Å². The molecule has 5 heteroatoms. The van der Waals surface area contributed by atoms with Gasteiger partial charge in [-0.25, -0.2) is 0 Å². The lowest BCUT2D eigenvalue weighted by molar-refractivity contribution is 0.0191. The number of guanidine groups is 1. The molecular weight excluding hydrogens is 266 g/mol. The standard InChI is InChI=1S/C16H33N3O2/c1-4-17-16(18-9-5-7-14(2)3)19-10-12-20-13-15-8-6-11-21-15/h14-15H,4-13H2,1-3H3,(H2,17,18,19). The van der Waals surface area contributed by atoms with Gasteiger partial charge >= 0.3 is 0 Å². The van der Waals surface area contributed by atoms with Crippen LogP contribution >= 0.6 is 0 Å². The average Bonchev–Trinajstić information content (AvgIpc) is 2.96. The van der Waals surface area contributed by atoms with Gasteiger partial charge in [0.1, 0.15) is 0 Å². The third-order valence-corrected chi connectivity index (χ3v) is 3.42. The second-order valence-corrected chi connectivity index (χ2v) is 5.93. The molecule has 0 aliphatic carbocycles. The molecule has 0 saturated carbocycles. The Balaban J connectivity index is 2.07. The molecule has 5 nitrogen and oxygen atoms in total. The fourth-order valence-corrected chi connectivity index (χ4v) is 2.26. The summed E-state index contributed by atoms with van der Waals surface area (Å²) in [6, 6.07) is 0. The Bertz CT molecular complexity index is 277. The van der Waals surface area contributed by atoms with Crippen LogP contribution in [0.15, 0.2) is 4.99 Å². The van der Waals surface area contributed by atoms with E-state index in [0.29, 0.717) is 19.3 Å². The summed E-state index contributed by atoms with van der Waals surface area (Å²) in [5, 5.41) is 6.57. The van der Waals surface area contributed by atoms with Crippen molar-refractivity contribution < 1.29 is 9.47 Å². The van der Waals surface area contributed by atoms with Crippen molar-refractivity contribution in [1.82, 2.24) is 10.6 Å². The molecule has 0 aromatic rings. The predicted octanol–water partition coefficient (Wildman–Crippen LogP) is 2.17. The van der Waals surface area contributed by atoms with Crippen molar-refractivity contribution in [3.8, 4) is 0 Å². The van der Waals surface area contributed by atoms with Gasteiger partial charge in [-0.2, -0.15) is 0 Å². The van der Waals surface area contributed by atoms with Crippen molar-refractivity contribution in [3.05, 3.63) is 0 Å². The van der Waals surface area contributed by atoms with Gasteiger partial charge in [0.25, 0.3) is 0 Å². The summed E-state index contributed by atoms with van der Waals surface area (Å²) < 4.78 is 11.2. The minimum Gasteiger partial charge on any atom is -0.377 e. The number of hydrogen-bond acceptors (Lipinski definition) is 3. The number of nitrogens with zero attached hydrogens (tertiary/aromatic N) is 1. The molecular formula is C16H33N3O2. The van der Waals surface area contributed by atoms with Crippen molar-refractivity contribution in [2.75, 3.05) is 39.5 Å². The number of rotatable bonds is 10. The van der Waals surface area contributed by atoms with E-state index in [-0.39, 0.29) is 0 Å². The van der Waals surface area contributed by atoms with Crippen molar-refractivity contribution in [1.29, 1.82) is 0 Å². The molecule has 1 unspecified atom stereocenters. The maximum Gasteiger partial charge on any atom is 0.191 e. The Morgan fingerprint density at radius 3 is 2.90 bits per heavy atom. The first-order valence-corrected chi connectivity index (χ1v) is 8.44. The summed E-state index contributed by atoms with van der Waals surface area (Å²) in [4.78, 5) is 4.57. The minimum atomic E-state index is 0.308. The lowest BCUT2D eigenvalue weighted by atomic mass is 10.1. The van der Waals surface area contributed by atoms with E-state index in [0.717, 1.165) is 51.0 Å². The first kappa shape index (κ1) is 18.2. The molecule has 1 heterocycles. The quantitative estimate of drug-likeness (QED) is 0.369. The molecule has 1 fully saturated rings. The van der Waals surface area contributed by atoms with E-state index >= 15 is 0 Å². The first-order chi connectivity index (χ1) is 10.2. The van der Waals surface area contributed by atoms with Crippen LogP contribution in [-0.2, 0) is 9.47 Å². The molecule has 0 aromatic heterocycles. The summed E-state index contributed by atoms with van der Waals surface area (Å²) >= 11 is 0. The molecule has 0 radical (unpaired) electrons. The molecule has 1 aliphatic heterocycles. The Morgan fingerprint density at radius 2 is 2.24 bits per heavy atom. The Labute approximate surface area is 129 Å². The number of hydrogen-bond donors (Lipinski definition) is 2. The van der Waals surface area contributed by atoms with E-state index in [1.807, 2.05) is 0 Å². The van der Waals surface area contributed by atoms with E-state index in [2.05, 4.69) is 36.4 Å². The molecule has 21 heavy (non-hydrogen) atoms. The molecule has 1 saturated heterocycles. The monoisotopic (exact) mass is 299 g/mol. The smallest absolute Gasteiger partial charge is 0.191 e. The summed E-state index contributed by atoms with van der Waals surface area (Å²) in [7, 11) is 0. The summed E-state index contributed by atoms with van der Waals surface area (Å²) in [5.41, 5.74) is 0. The molecule has 1 aliphatic rings. The second-order valence-electron chi connectivity index (χ2n) is 5.93. The summed E-state index contributed by atoms with van der Waals surface area (Å²) in [6.45, 7) is 11.4. The van der Waals surface area contributed by atoms with Crippen molar-refractivity contribution in [2.45, 2.75) is 52.6 Å². The van der Waals surface area contributed by atoms with Gasteiger partial charge in [0.15, 0.2) is 5.96 Å². The summed E-state index contributed by atoms with van der Waals surface area (Å²) in [6.07, 6.45) is 4.98. The largest absolute Gasteiger partial charge is 0.377 e. The molecule has 0 amide bonds.